The van der Waals surface area contributed by atoms with E-state index < -0.39 is 0 Å². The molecule has 112 valence electrons. The quantitative estimate of drug-likeness (QED) is 0.907. The highest BCUT2D eigenvalue weighted by Gasteiger charge is 2.22. The van der Waals surface area contributed by atoms with Gasteiger partial charge in [-0.15, -0.1) is 11.3 Å². The van der Waals surface area contributed by atoms with Crippen LogP contribution in [-0.4, -0.2) is 41.1 Å². The van der Waals surface area contributed by atoms with Gasteiger partial charge < -0.3 is 10.1 Å². The first-order chi connectivity index (χ1) is 9.56. The third-order valence-electron chi connectivity index (χ3n) is 3.16. The number of ether oxygens (including phenoxy) is 1. The molecule has 2 rings (SSSR count). The number of nitrogens with one attached hydrogen (secondary N) is 1. The molecule has 0 radical (unpaired) electrons. The van der Waals surface area contributed by atoms with Gasteiger partial charge in [0.2, 0.25) is 5.91 Å². The lowest BCUT2D eigenvalue weighted by molar-refractivity contribution is -0.116. The molecule has 1 aliphatic rings. The fraction of sp³-hybridized carbons (Fsp3) is 0.714. The average Bonchev–Trinajstić information content (AvgIpc) is 2.75. The molecule has 0 bridgehead atoms. The average molecular weight is 297 g/mol. The van der Waals surface area contributed by atoms with Gasteiger partial charge in [-0.25, -0.2) is 4.98 Å². The van der Waals surface area contributed by atoms with Gasteiger partial charge in [0.25, 0.3) is 0 Å². The minimum atomic E-state index is 0.0435. The molecule has 0 saturated carbocycles. The summed E-state index contributed by atoms with van der Waals surface area (Å²) in [5, 5.41) is 5.57. The first-order valence-corrected chi connectivity index (χ1v) is 8.06. The highest BCUT2D eigenvalue weighted by molar-refractivity contribution is 7.13. The van der Waals surface area contributed by atoms with Crippen LogP contribution >= 0.6 is 11.3 Å². The van der Waals surface area contributed by atoms with E-state index in [0.717, 1.165) is 31.7 Å². The summed E-state index contributed by atoms with van der Waals surface area (Å²) >= 11 is 1.49. The normalized spacial score (nSPS) is 23.8. The standard InChI is InChI=1S/C14H23N3O2S/c1-4-5-13(18)16-14-15-12(9-20-14)8-17-6-10(2)19-11(3)7-17/h9-11H,4-8H2,1-3H3,(H,15,16,18)/t10-,11+. The van der Waals surface area contributed by atoms with Gasteiger partial charge in [0.1, 0.15) is 0 Å². The van der Waals surface area contributed by atoms with E-state index in [1.54, 1.807) is 0 Å². The maximum absolute atomic E-state index is 11.5. The topological polar surface area (TPSA) is 54.5 Å². The maximum Gasteiger partial charge on any atom is 0.226 e. The van der Waals surface area contributed by atoms with Gasteiger partial charge in [-0.05, 0) is 20.3 Å². The molecule has 0 unspecified atom stereocenters. The van der Waals surface area contributed by atoms with E-state index in [1.165, 1.54) is 11.3 Å². The monoisotopic (exact) mass is 297 g/mol. The fourth-order valence-electron chi connectivity index (χ4n) is 2.49. The predicted molar refractivity (Wildman–Crippen MR) is 80.9 cm³/mol. The van der Waals surface area contributed by atoms with Crippen molar-refractivity contribution >= 4 is 22.4 Å². The Morgan fingerprint density at radius 2 is 2.20 bits per heavy atom. The third-order valence-corrected chi connectivity index (χ3v) is 3.96. The molecule has 1 aromatic rings. The Kier molecular flexibility index (Phi) is 5.51. The molecule has 5 nitrogen and oxygen atoms in total. The highest BCUT2D eigenvalue weighted by Crippen LogP contribution is 2.19. The number of amides is 1. The molecule has 2 atom stereocenters. The molecule has 1 aliphatic heterocycles. The Balaban J connectivity index is 1.87. The van der Waals surface area contributed by atoms with Crippen LogP contribution in [0.2, 0.25) is 0 Å². The zero-order chi connectivity index (χ0) is 14.5. The van der Waals surface area contributed by atoms with Crippen molar-refractivity contribution in [2.75, 3.05) is 18.4 Å². The summed E-state index contributed by atoms with van der Waals surface area (Å²) in [6.45, 7) is 8.87. The summed E-state index contributed by atoms with van der Waals surface area (Å²) in [5.74, 6) is 0.0435. The van der Waals surface area contributed by atoms with Crippen molar-refractivity contribution in [3.63, 3.8) is 0 Å². The van der Waals surface area contributed by atoms with Crippen molar-refractivity contribution < 1.29 is 9.53 Å². The zero-order valence-electron chi connectivity index (χ0n) is 12.4. The lowest BCUT2D eigenvalue weighted by Crippen LogP contribution is -2.44. The number of hydrogen-bond donors (Lipinski definition) is 1. The number of aromatic nitrogens is 1. The molecule has 1 aromatic heterocycles. The Hall–Kier alpha value is -0.980. The largest absolute Gasteiger partial charge is 0.373 e. The van der Waals surface area contributed by atoms with Gasteiger partial charge in [0, 0.05) is 31.4 Å². The van der Waals surface area contributed by atoms with E-state index >= 15 is 0 Å². The van der Waals surface area contributed by atoms with Gasteiger partial charge in [-0.3, -0.25) is 9.69 Å². The second-order valence-electron chi connectivity index (χ2n) is 5.39. The van der Waals surface area contributed by atoms with Gasteiger partial charge in [0.05, 0.1) is 17.9 Å². The molecule has 1 amide bonds. The molecule has 2 heterocycles. The number of rotatable bonds is 5. The van der Waals surface area contributed by atoms with Crippen LogP contribution in [0.25, 0.3) is 0 Å². The van der Waals surface area contributed by atoms with E-state index in [9.17, 15) is 4.79 Å². The van der Waals surface area contributed by atoms with Crippen LogP contribution in [0.1, 0.15) is 39.3 Å². The number of carbonyl (C=O) groups is 1. The van der Waals surface area contributed by atoms with Crippen molar-refractivity contribution in [1.82, 2.24) is 9.88 Å². The summed E-state index contributed by atoms with van der Waals surface area (Å²) in [6, 6.07) is 0. The minimum Gasteiger partial charge on any atom is -0.373 e. The molecular weight excluding hydrogens is 274 g/mol. The van der Waals surface area contributed by atoms with E-state index in [4.69, 9.17) is 4.74 Å². The van der Waals surface area contributed by atoms with Crippen molar-refractivity contribution in [2.45, 2.75) is 52.4 Å². The van der Waals surface area contributed by atoms with E-state index in [2.05, 4.69) is 29.0 Å². The Morgan fingerprint density at radius 3 is 2.85 bits per heavy atom. The number of nitrogens with zero attached hydrogens (tertiary/aromatic N) is 2. The zero-order valence-corrected chi connectivity index (χ0v) is 13.2. The van der Waals surface area contributed by atoms with Crippen molar-refractivity contribution in [3.05, 3.63) is 11.1 Å². The fourth-order valence-corrected chi connectivity index (χ4v) is 3.21. The van der Waals surface area contributed by atoms with Crippen LogP contribution in [-0.2, 0) is 16.1 Å². The van der Waals surface area contributed by atoms with Gasteiger partial charge in [-0.1, -0.05) is 6.92 Å². The second-order valence-corrected chi connectivity index (χ2v) is 6.25. The summed E-state index contributed by atoms with van der Waals surface area (Å²) in [6.07, 6.45) is 1.93. The number of thiazole rings is 1. The molecule has 0 spiro atoms. The molecule has 0 aromatic carbocycles. The lowest BCUT2D eigenvalue weighted by Gasteiger charge is -2.34. The van der Waals surface area contributed by atoms with Crippen molar-refractivity contribution in [3.8, 4) is 0 Å². The Morgan fingerprint density at radius 1 is 1.50 bits per heavy atom. The number of morpholine rings is 1. The molecule has 1 N–H and O–H groups in total. The summed E-state index contributed by atoms with van der Waals surface area (Å²) in [4.78, 5) is 18.4. The number of anilines is 1. The summed E-state index contributed by atoms with van der Waals surface area (Å²) in [7, 11) is 0. The van der Waals surface area contributed by atoms with Crippen LogP contribution in [0, 0.1) is 0 Å². The first kappa shape index (κ1) is 15.4. The van der Waals surface area contributed by atoms with Crippen LogP contribution < -0.4 is 5.32 Å². The van der Waals surface area contributed by atoms with Crippen LogP contribution in [0.3, 0.4) is 0 Å². The second kappa shape index (κ2) is 7.15. The third kappa shape index (κ3) is 4.54. The Bertz CT molecular complexity index is 439. The van der Waals surface area contributed by atoms with E-state index in [-0.39, 0.29) is 18.1 Å². The van der Waals surface area contributed by atoms with Crippen molar-refractivity contribution in [2.24, 2.45) is 0 Å². The molecule has 0 aliphatic carbocycles. The molecule has 1 saturated heterocycles. The maximum atomic E-state index is 11.5. The Labute approximate surface area is 124 Å². The molecule has 6 heteroatoms. The molecule has 20 heavy (non-hydrogen) atoms. The predicted octanol–water partition coefficient (Wildman–Crippen LogP) is 2.49. The lowest BCUT2D eigenvalue weighted by atomic mass is 10.2. The van der Waals surface area contributed by atoms with Gasteiger partial charge in [0.15, 0.2) is 5.13 Å². The van der Waals surface area contributed by atoms with Crippen LogP contribution in [0.5, 0.6) is 0 Å². The number of hydrogen-bond acceptors (Lipinski definition) is 5. The highest BCUT2D eigenvalue weighted by atomic mass is 32.1. The summed E-state index contributed by atoms with van der Waals surface area (Å²) in [5.41, 5.74) is 1.02. The van der Waals surface area contributed by atoms with E-state index in [1.807, 2.05) is 12.3 Å². The molecular formula is C14H23N3O2S. The first-order valence-electron chi connectivity index (χ1n) is 7.19. The van der Waals surface area contributed by atoms with Crippen molar-refractivity contribution in [1.29, 1.82) is 0 Å². The minimum absolute atomic E-state index is 0.0435. The van der Waals surface area contributed by atoms with Gasteiger partial charge >= 0.3 is 0 Å². The SMILES string of the molecule is CCCC(=O)Nc1nc(CN2C[C@@H](C)O[C@@H](C)C2)cs1. The van der Waals surface area contributed by atoms with Gasteiger partial charge in [-0.2, -0.15) is 0 Å². The molecule has 1 fully saturated rings. The number of carbonyl (C=O) groups excluding carboxylic acids is 1. The summed E-state index contributed by atoms with van der Waals surface area (Å²) < 4.78 is 5.72. The van der Waals surface area contributed by atoms with E-state index in [0.29, 0.717) is 11.6 Å². The smallest absolute Gasteiger partial charge is 0.226 e. The van der Waals surface area contributed by atoms with Crippen LogP contribution in [0.15, 0.2) is 5.38 Å². The van der Waals surface area contributed by atoms with Crippen LogP contribution in [0.4, 0.5) is 5.13 Å².